The first kappa shape index (κ1) is 8.38. The van der Waals surface area contributed by atoms with E-state index in [2.05, 4.69) is 16.4 Å². The van der Waals surface area contributed by atoms with Gasteiger partial charge in [-0.05, 0) is 36.2 Å². The van der Waals surface area contributed by atoms with Crippen molar-refractivity contribution >= 4 is 5.57 Å². The SMILES string of the molecule is Fc1ccc(C2=CCNCC2)cn1. The van der Waals surface area contributed by atoms with Crippen molar-refractivity contribution in [2.24, 2.45) is 0 Å². The number of pyridine rings is 1. The fraction of sp³-hybridized carbons (Fsp3) is 0.300. The second-order valence-corrected chi connectivity index (χ2v) is 3.05. The maximum Gasteiger partial charge on any atom is 0.212 e. The van der Waals surface area contributed by atoms with Gasteiger partial charge in [0.05, 0.1) is 0 Å². The Morgan fingerprint density at radius 1 is 1.38 bits per heavy atom. The first-order valence-electron chi connectivity index (χ1n) is 4.38. The second kappa shape index (κ2) is 3.66. The molecule has 0 aliphatic carbocycles. The normalized spacial score (nSPS) is 16.8. The van der Waals surface area contributed by atoms with Crippen molar-refractivity contribution in [1.82, 2.24) is 10.3 Å². The van der Waals surface area contributed by atoms with E-state index >= 15 is 0 Å². The van der Waals surface area contributed by atoms with Gasteiger partial charge in [0.2, 0.25) is 5.95 Å². The molecule has 68 valence electrons. The Balaban J connectivity index is 2.24. The number of halogens is 1. The molecule has 2 heterocycles. The molecule has 0 aromatic carbocycles. The van der Waals surface area contributed by atoms with Crippen molar-refractivity contribution in [1.29, 1.82) is 0 Å². The number of nitrogens with zero attached hydrogens (tertiary/aromatic N) is 1. The predicted octanol–water partition coefficient (Wildman–Crippen LogP) is 1.60. The smallest absolute Gasteiger partial charge is 0.212 e. The van der Waals surface area contributed by atoms with Crippen LogP contribution < -0.4 is 5.32 Å². The van der Waals surface area contributed by atoms with Crippen LogP contribution in [0.1, 0.15) is 12.0 Å². The highest BCUT2D eigenvalue weighted by Gasteiger charge is 2.05. The van der Waals surface area contributed by atoms with Crippen LogP contribution in [0.2, 0.25) is 0 Å². The Kier molecular flexibility index (Phi) is 2.36. The second-order valence-electron chi connectivity index (χ2n) is 3.05. The van der Waals surface area contributed by atoms with E-state index in [1.54, 1.807) is 12.3 Å². The zero-order valence-electron chi connectivity index (χ0n) is 7.26. The van der Waals surface area contributed by atoms with Gasteiger partial charge in [0, 0.05) is 12.7 Å². The molecule has 0 radical (unpaired) electrons. The molecule has 2 nitrogen and oxygen atoms in total. The van der Waals surface area contributed by atoms with Gasteiger partial charge in [-0.2, -0.15) is 4.39 Å². The maximum absolute atomic E-state index is 12.5. The molecule has 0 saturated heterocycles. The molecule has 0 bridgehead atoms. The van der Waals surface area contributed by atoms with Crippen molar-refractivity contribution in [2.75, 3.05) is 13.1 Å². The predicted molar refractivity (Wildman–Crippen MR) is 49.7 cm³/mol. The van der Waals surface area contributed by atoms with E-state index in [0.717, 1.165) is 25.1 Å². The lowest BCUT2D eigenvalue weighted by Crippen LogP contribution is -2.20. The minimum Gasteiger partial charge on any atom is -0.313 e. The summed E-state index contributed by atoms with van der Waals surface area (Å²) in [6.07, 6.45) is 4.71. The largest absolute Gasteiger partial charge is 0.313 e. The average molecular weight is 178 g/mol. The molecule has 1 aliphatic rings. The third kappa shape index (κ3) is 1.92. The van der Waals surface area contributed by atoms with Gasteiger partial charge in [-0.1, -0.05) is 6.08 Å². The summed E-state index contributed by atoms with van der Waals surface area (Å²) in [5.74, 6) is -0.418. The van der Waals surface area contributed by atoms with Crippen LogP contribution in [0.3, 0.4) is 0 Å². The molecule has 0 saturated carbocycles. The summed E-state index contributed by atoms with van der Waals surface area (Å²) in [6, 6.07) is 3.18. The van der Waals surface area contributed by atoms with Crippen molar-refractivity contribution < 1.29 is 4.39 Å². The Labute approximate surface area is 76.5 Å². The number of hydrogen-bond acceptors (Lipinski definition) is 2. The van der Waals surface area contributed by atoms with E-state index in [-0.39, 0.29) is 0 Å². The molecule has 3 heteroatoms. The summed E-state index contributed by atoms with van der Waals surface area (Å²) in [7, 11) is 0. The number of nitrogens with one attached hydrogen (secondary N) is 1. The minimum absolute atomic E-state index is 0.418. The lowest BCUT2D eigenvalue weighted by Gasteiger charge is -2.13. The van der Waals surface area contributed by atoms with Crippen LogP contribution in [0.4, 0.5) is 4.39 Å². The van der Waals surface area contributed by atoms with Crippen LogP contribution in [0.5, 0.6) is 0 Å². The van der Waals surface area contributed by atoms with Crippen molar-refractivity contribution in [3.8, 4) is 0 Å². The highest BCUT2D eigenvalue weighted by molar-refractivity contribution is 5.65. The van der Waals surface area contributed by atoms with Crippen LogP contribution in [0.15, 0.2) is 24.4 Å². The van der Waals surface area contributed by atoms with Crippen molar-refractivity contribution in [3.05, 3.63) is 35.9 Å². The molecule has 1 aliphatic heterocycles. The first-order valence-corrected chi connectivity index (χ1v) is 4.38. The summed E-state index contributed by atoms with van der Waals surface area (Å²) < 4.78 is 12.5. The summed E-state index contributed by atoms with van der Waals surface area (Å²) >= 11 is 0. The van der Waals surface area contributed by atoms with E-state index in [1.165, 1.54) is 11.6 Å². The Morgan fingerprint density at radius 3 is 2.92 bits per heavy atom. The molecule has 1 aromatic rings. The quantitative estimate of drug-likeness (QED) is 0.661. The van der Waals surface area contributed by atoms with Gasteiger partial charge in [-0.3, -0.25) is 0 Å². The van der Waals surface area contributed by atoms with Crippen LogP contribution in [0.25, 0.3) is 5.57 Å². The number of hydrogen-bond donors (Lipinski definition) is 1. The Hall–Kier alpha value is -1.22. The standard InChI is InChI=1S/C10H11FN2/c11-10-2-1-9(7-13-10)8-3-5-12-6-4-8/h1-3,7,12H,4-6H2. The minimum atomic E-state index is -0.418. The van der Waals surface area contributed by atoms with Gasteiger partial charge in [0.25, 0.3) is 0 Å². The molecule has 1 aromatic heterocycles. The van der Waals surface area contributed by atoms with Crippen LogP contribution in [-0.4, -0.2) is 18.1 Å². The van der Waals surface area contributed by atoms with E-state index in [1.807, 2.05) is 0 Å². The third-order valence-corrected chi connectivity index (χ3v) is 2.16. The lowest BCUT2D eigenvalue weighted by atomic mass is 10.0. The van der Waals surface area contributed by atoms with E-state index in [4.69, 9.17) is 0 Å². The van der Waals surface area contributed by atoms with Crippen molar-refractivity contribution in [2.45, 2.75) is 6.42 Å². The van der Waals surface area contributed by atoms with Crippen molar-refractivity contribution in [3.63, 3.8) is 0 Å². The zero-order chi connectivity index (χ0) is 9.10. The molecule has 0 spiro atoms. The Bertz CT molecular complexity index is 316. The number of aromatic nitrogens is 1. The van der Waals surface area contributed by atoms with E-state index in [9.17, 15) is 4.39 Å². The molecule has 2 rings (SSSR count). The van der Waals surface area contributed by atoms with Gasteiger partial charge in [0.1, 0.15) is 0 Å². The van der Waals surface area contributed by atoms with E-state index in [0.29, 0.717) is 0 Å². The monoisotopic (exact) mass is 178 g/mol. The van der Waals surface area contributed by atoms with E-state index < -0.39 is 5.95 Å². The van der Waals surface area contributed by atoms with Gasteiger partial charge < -0.3 is 5.32 Å². The van der Waals surface area contributed by atoms with Gasteiger partial charge in [-0.15, -0.1) is 0 Å². The summed E-state index contributed by atoms with van der Waals surface area (Å²) in [5, 5.41) is 3.22. The molecule has 0 atom stereocenters. The maximum atomic E-state index is 12.5. The van der Waals surface area contributed by atoms with Gasteiger partial charge in [0.15, 0.2) is 0 Å². The molecule has 0 fully saturated rings. The van der Waals surface area contributed by atoms with Gasteiger partial charge >= 0.3 is 0 Å². The Morgan fingerprint density at radius 2 is 2.31 bits per heavy atom. The summed E-state index contributed by atoms with van der Waals surface area (Å²) in [5.41, 5.74) is 2.29. The highest BCUT2D eigenvalue weighted by atomic mass is 19.1. The zero-order valence-corrected chi connectivity index (χ0v) is 7.26. The molecule has 1 N–H and O–H groups in total. The topological polar surface area (TPSA) is 24.9 Å². The van der Waals surface area contributed by atoms with Crippen LogP contribution >= 0.6 is 0 Å². The first-order chi connectivity index (χ1) is 6.36. The number of rotatable bonds is 1. The third-order valence-electron chi connectivity index (χ3n) is 2.16. The fourth-order valence-electron chi connectivity index (χ4n) is 1.45. The lowest BCUT2D eigenvalue weighted by molar-refractivity contribution is 0.583. The molecular formula is C10H11FN2. The molecule has 0 unspecified atom stereocenters. The molecular weight excluding hydrogens is 167 g/mol. The fourth-order valence-corrected chi connectivity index (χ4v) is 1.45. The average Bonchev–Trinajstić information content (AvgIpc) is 2.20. The summed E-state index contributed by atoms with van der Waals surface area (Å²) in [6.45, 7) is 1.88. The van der Waals surface area contributed by atoms with Gasteiger partial charge in [-0.25, -0.2) is 4.98 Å². The molecule has 0 amide bonds. The van der Waals surface area contributed by atoms with Crippen LogP contribution in [-0.2, 0) is 0 Å². The molecule has 13 heavy (non-hydrogen) atoms. The van der Waals surface area contributed by atoms with Crippen LogP contribution in [0, 0.1) is 5.95 Å². The highest BCUT2D eigenvalue weighted by Crippen LogP contribution is 2.18. The summed E-state index contributed by atoms with van der Waals surface area (Å²) in [4.78, 5) is 3.63.